The van der Waals surface area contributed by atoms with Crippen molar-refractivity contribution in [3.05, 3.63) is 64.7 Å². The Labute approximate surface area is 157 Å². The minimum atomic E-state index is -4.67. The molecule has 2 aromatic rings. The van der Waals surface area contributed by atoms with Gasteiger partial charge >= 0.3 is 6.18 Å². The highest BCUT2D eigenvalue weighted by Crippen LogP contribution is 2.36. The summed E-state index contributed by atoms with van der Waals surface area (Å²) in [6, 6.07) is 3.93. The fourth-order valence-electron chi connectivity index (χ4n) is 2.04. The molecular weight excluding hydrogens is 385 g/mol. The van der Waals surface area contributed by atoms with Crippen molar-refractivity contribution < 1.29 is 18.0 Å². The van der Waals surface area contributed by atoms with Crippen LogP contribution in [0.3, 0.4) is 0 Å². The molecule has 1 atom stereocenters. The van der Waals surface area contributed by atoms with Gasteiger partial charge in [0.1, 0.15) is 0 Å². The predicted octanol–water partition coefficient (Wildman–Crippen LogP) is 2.45. The van der Waals surface area contributed by atoms with Crippen molar-refractivity contribution in [2.24, 2.45) is 11.6 Å². The summed E-state index contributed by atoms with van der Waals surface area (Å²) < 4.78 is 38.7. The lowest BCUT2D eigenvalue weighted by atomic mass is 10.1. The van der Waals surface area contributed by atoms with Crippen LogP contribution in [-0.4, -0.2) is 21.9 Å². The quantitative estimate of drug-likeness (QED) is 0.525. The molecule has 1 aromatic heterocycles. The van der Waals surface area contributed by atoms with Gasteiger partial charge in [0.25, 0.3) is 5.91 Å². The number of hydrogen-bond donors (Lipinski definition) is 3. The van der Waals surface area contributed by atoms with Gasteiger partial charge in [0.15, 0.2) is 0 Å². The van der Waals surface area contributed by atoms with E-state index in [1.807, 2.05) is 0 Å². The number of benzene rings is 1. The Kier molecular flexibility index (Phi) is 6.24. The lowest BCUT2D eigenvalue weighted by Gasteiger charge is -2.18. The van der Waals surface area contributed by atoms with E-state index in [4.69, 9.17) is 23.2 Å². The van der Waals surface area contributed by atoms with E-state index in [9.17, 15) is 18.0 Å². The topological polar surface area (TPSA) is 110 Å². The third kappa shape index (κ3) is 5.08. The molecule has 0 aliphatic heterocycles. The Morgan fingerprint density at radius 3 is 2.52 bits per heavy atom. The van der Waals surface area contributed by atoms with E-state index in [-0.39, 0.29) is 17.2 Å². The predicted molar refractivity (Wildman–Crippen MR) is 94.4 cm³/mol. The molecule has 1 unspecified atom stereocenters. The van der Waals surface area contributed by atoms with Crippen molar-refractivity contribution in [3.8, 4) is 0 Å². The number of amides is 1. The highest BCUT2D eigenvalue weighted by Gasteiger charge is 2.34. The molecule has 1 heterocycles. The van der Waals surface area contributed by atoms with Crippen molar-refractivity contribution in [1.29, 1.82) is 0 Å². The van der Waals surface area contributed by atoms with Crippen molar-refractivity contribution in [2.45, 2.75) is 19.1 Å². The first-order valence-electron chi connectivity index (χ1n) is 7.56. The van der Waals surface area contributed by atoms with Gasteiger partial charge in [-0.15, -0.1) is 0 Å². The Bertz CT molecular complexity index is 844. The first-order valence-corrected chi connectivity index (χ1v) is 7.93. The zero-order chi connectivity index (χ0) is 20.2. The SMILES string of the molecule is CC(NC(=O)c1cccc(C(F)(F)F)c1Cl)/C(N)=C/N(N)c1ncccn1. The van der Waals surface area contributed by atoms with Gasteiger partial charge in [0.2, 0.25) is 5.95 Å². The molecule has 0 bridgehead atoms. The normalized spacial score (nSPS) is 13.2. The number of carbonyl (C=O) groups is 1. The molecule has 0 aliphatic rings. The van der Waals surface area contributed by atoms with Gasteiger partial charge in [0, 0.05) is 24.3 Å². The van der Waals surface area contributed by atoms with Gasteiger partial charge in [-0.3, -0.25) is 9.80 Å². The maximum atomic E-state index is 12.9. The Balaban J connectivity index is 2.15. The van der Waals surface area contributed by atoms with Crippen LogP contribution in [0, 0.1) is 0 Å². The number of alkyl halides is 3. The number of hydrogen-bond acceptors (Lipinski definition) is 6. The molecule has 11 heteroatoms. The number of carbonyl (C=O) groups excluding carboxylic acids is 1. The first kappa shape index (κ1) is 20.5. The smallest absolute Gasteiger partial charge is 0.399 e. The molecule has 144 valence electrons. The highest BCUT2D eigenvalue weighted by atomic mass is 35.5. The molecule has 0 fully saturated rings. The molecule has 0 aliphatic carbocycles. The first-order chi connectivity index (χ1) is 12.6. The Morgan fingerprint density at radius 2 is 1.93 bits per heavy atom. The number of hydrazine groups is 1. The number of nitrogens with zero attached hydrogens (tertiary/aromatic N) is 3. The standard InChI is InChI=1S/C16H16ClF3N6O/c1-9(12(21)8-26(22)15-23-6-3-7-24-15)25-14(27)10-4-2-5-11(13(10)17)16(18,19)20/h2-9H,21-22H2,1H3,(H,25,27)/b12-8-. The lowest BCUT2D eigenvalue weighted by molar-refractivity contribution is -0.137. The van der Waals surface area contributed by atoms with Gasteiger partial charge in [-0.2, -0.15) is 13.2 Å². The van der Waals surface area contributed by atoms with Crippen molar-refractivity contribution in [1.82, 2.24) is 15.3 Å². The molecule has 1 amide bonds. The lowest BCUT2D eigenvalue weighted by Crippen LogP contribution is -2.38. The van der Waals surface area contributed by atoms with E-state index in [1.165, 1.54) is 31.6 Å². The number of aromatic nitrogens is 2. The number of halogens is 4. The van der Waals surface area contributed by atoms with E-state index in [2.05, 4.69) is 15.3 Å². The zero-order valence-corrected chi connectivity index (χ0v) is 14.8. The van der Waals surface area contributed by atoms with Crippen LogP contribution in [-0.2, 0) is 6.18 Å². The zero-order valence-electron chi connectivity index (χ0n) is 14.0. The second-order valence-corrected chi connectivity index (χ2v) is 5.82. The molecule has 2 rings (SSSR count). The van der Waals surface area contributed by atoms with Gasteiger partial charge < -0.3 is 11.1 Å². The largest absolute Gasteiger partial charge is 0.417 e. The monoisotopic (exact) mass is 400 g/mol. The van der Waals surface area contributed by atoms with Crippen LogP contribution in [0.1, 0.15) is 22.8 Å². The van der Waals surface area contributed by atoms with E-state index < -0.39 is 28.7 Å². The van der Waals surface area contributed by atoms with Crippen LogP contribution in [0.5, 0.6) is 0 Å². The van der Waals surface area contributed by atoms with Gasteiger partial charge in [0.05, 0.1) is 22.2 Å². The second kappa shape index (κ2) is 8.23. The molecule has 0 saturated heterocycles. The Morgan fingerprint density at radius 1 is 1.30 bits per heavy atom. The minimum Gasteiger partial charge on any atom is -0.399 e. The van der Waals surface area contributed by atoms with Crippen molar-refractivity contribution in [3.63, 3.8) is 0 Å². The van der Waals surface area contributed by atoms with Gasteiger partial charge in [-0.1, -0.05) is 17.7 Å². The fourth-order valence-corrected chi connectivity index (χ4v) is 2.36. The molecule has 5 N–H and O–H groups in total. The summed E-state index contributed by atoms with van der Waals surface area (Å²) in [6.07, 6.45) is -0.429. The Hall–Kier alpha value is -2.85. The summed E-state index contributed by atoms with van der Waals surface area (Å²) in [6.45, 7) is 1.53. The third-order valence-corrected chi connectivity index (χ3v) is 3.87. The molecule has 7 nitrogen and oxygen atoms in total. The molecular formula is C16H16ClF3N6O. The molecule has 0 saturated carbocycles. The van der Waals surface area contributed by atoms with Gasteiger partial charge in [-0.05, 0) is 25.1 Å². The minimum absolute atomic E-state index is 0.126. The average molecular weight is 401 g/mol. The van der Waals surface area contributed by atoms with Crippen molar-refractivity contribution in [2.75, 3.05) is 5.01 Å². The number of rotatable bonds is 5. The summed E-state index contributed by atoms with van der Waals surface area (Å²) in [5, 5.41) is 2.83. The van der Waals surface area contributed by atoms with E-state index in [1.54, 1.807) is 6.07 Å². The van der Waals surface area contributed by atoms with E-state index in [0.717, 1.165) is 17.1 Å². The second-order valence-electron chi connectivity index (χ2n) is 5.45. The summed E-state index contributed by atoms with van der Waals surface area (Å²) in [5.41, 5.74) is 4.59. The average Bonchev–Trinajstić information content (AvgIpc) is 2.61. The molecule has 27 heavy (non-hydrogen) atoms. The van der Waals surface area contributed by atoms with E-state index in [0.29, 0.717) is 0 Å². The molecule has 0 spiro atoms. The number of anilines is 1. The molecule has 1 aromatic carbocycles. The van der Waals surface area contributed by atoms with Crippen LogP contribution in [0.15, 0.2) is 48.6 Å². The molecule has 0 radical (unpaired) electrons. The van der Waals surface area contributed by atoms with Crippen LogP contribution in [0.2, 0.25) is 5.02 Å². The maximum Gasteiger partial charge on any atom is 0.417 e. The fraction of sp³-hybridized carbons (Fsp3) is 0.188. The number of nitrogens with one attached hydrogen (secondary N) is 1. The highest BCUT2D eigenvalue weighted by molar-refractivity contribution is 6.34. The van der Waals surface area contributed by atoms with Crippen LogP contribution in [0.25, 0.3) is 0 Å². The third-order valence-electron chi connectivity index (χ3n) is 3.47. The summed E-state index contributed by atoms with van der Waals surface area (Å²) in [4.78, 5) is 20.1. The maximum absolute atomic E-state index is 12.9. The summed E-state index contributed by atoms with van der Waals surface area (Å²) >= 11 is 5.74. The van der Waals surface area contributed by atoms with Crippen LogP contribution < -0.4 is 21.9 Å². The van der Waals surface area contributed by atoms with Gasteiger partial charge in [-0.25, -0.2) is 15.8 Å². The number of nitrogens with two attached hydrogens (primary N) is 2. The summed E-state index contributed by atoms with van der Waals surface area (Å²) in [5.74, 6) is 5.12. The van der Waals surface area contributed by atoms with Crippen molar-refractivity contribution >= 4 is 23.5 Å². The van der Waals surface area contributed by atoms with E-state index >= 15 is 0 Å². The van der Waals surface area contributed by atoms with Crippen LogP contribution in [0.4, 0.5) is 19.1 Å². The van der Waals surface area contributed by atoms with Crippen LogP contribution >= 0.6 is 11.6 Å². The summed E-state index contributed by atoms with van der Waals surface area (Å²) in [7, 11) is 0.